The van der Waals surface area contributed by atoms with Gasteiger partial charge in [0.15, 0.2) is 5.78 Å². The fraction of sp³-hybridized carbons (Fsp3) is 0.481. The van der Waals surface area contributed by atoms with Crippen molar-refractivity contribution in [3.05, 3.63) is 58.6 Å². The van der Waals surface area contributed by atoms with Gasteiger partial charge in [-0.3, -0.25) is 14.5 Å². The van der Waals surface area contributed by atoms with E-state index in [2.05, 4.69) is 24.1 Å². The fourth-order valence-electron chi connectivity index (χ4n) is 5.69. The molecule has 3 aliphatic rings. The van der Waals surface area contributed by atoms with Crippen LogP contribution in [-0.4, -0.2) is 47.9 Å². The number of anilines is 1. The smallest absolute Gasteiger partial charge is 0.238 e. The van der Waals surface area contributed by atoms with E-state index in [1.165, 1.54) is 6.92 Å². The van der Waals surface area contributed by atoms with Gasteiger partial charge in [-0.25, -0.2) is 0 Å². The molecule has 2 aromatic rings. The number of hydrogen-bond donors (Lipinski definition) is 1. The van der Waals surface area contributed by atoms with Crippen LogP contribution in [0.1, 0.15) is 55.6 Å². The van der Waals surface area contributed by atoms with Crippen molar-refractivity contribution >= 4 is 29.0 Å². The summed E-state index contributed by atoms with van der Waals surface area (Å²) in [6, 6.07) is 12.8. The van der Waals surface area contributed by atoms with E-state index in [1.807, 2.05) is 18.2 Å². The van der Waals surface area contributed by atoms with E-state index in [4.69, 9.17) is 21.1 Å². The third kappa shape index (κ3) is 4.59. The molecule has 34 heavy (non-hydrogen) atoms. The summed E-state index contributed by atoms with van der Waals surface area (Å²) < 4.78 is 13.1. The van der Waals surface area contributed by atoms with Crippen molar-refractivity contribution in [1.82, 2.24) is 4.90 Å². The number of fused-ring (bicyclic) bond motifs is 4. The van der Waals surface area contributed by atoms with E-state index in [-0.39, 0.29) is 35.4 Å². The molecular weight excluding hydrogens is 452 g/mol. The molecule has 3 heterocycles. The molecule has 4 atom stereocenters. The number of halogens is 1. The molecule has 0 bridgehead atoms. The highest BCUT2D eigenvalue weighted by molar-refractivity contribution is 6.30. The van der Waals surface area contributed by atoms with Crippen molar-refractivity contribution in [2.45, 2.75) is 51.4 Å². The molecule has 0 aromatic heterocycles. The molecule has 0 spiro atoms. The summed E-state index contributed by atoms with van der Waals surface area (Å²) in [5.74, 6) is 1.39. The number of nitrogens with zero attached hydrogens (tertiary/aromatic N) is 1. The maximum atomic E-state index is 12.7. The molecule has 2 saturated heterocycles. The van der Waals surface area contributed by atoms with Gasteiger partial charge in [0.1, 0.15) is 11.4 Å². The molecule has 0 saturated carbocycles. The van der Waals surface area contributed by atoms with Crippen molar-refractivity contribution in [2.75, 3.05) is 25.0 Å². The van der Waals surface area contributed by atoms with Gasteiger partial charge in [-0.05, 0) is 82.0 Å². The van der Waals surface area contributed by atoms with Gasteiger partial charge in [-0.15, -0.1) is 0 Å². The summed E-state index contributed by atoms with van der Waals surface area (Å²) in [5.41, 5.74) is 2.04. The average Bonchev–Trinajstić information content (AvgIpc) is 2.79. The number of carbonyl (C=O) groups excluding carboxylic acids is 2. The summed E-state index contributed by atoms with van der Waals surface area (Å²) in [5, 5.41) is 3.64. The van der Waals surface area contributed by atoms with Crippen LogP contribution in [0, 0.1) is 11.8 Å². The number of benzene rings is 2. The summed E-state index contributed by atoms with van der Waals surface area (Å²) in [6.07, 6.45) is 2.02. The SMILES string of the molecule is CC(=O)c1ccc(NC(=O)CN2CC[C@@H]3O[C@@H]4c5cc(Cl)ccc5OC(C)(C)[C@H]4C[C@@H]3C2)cc1. The minimum Gasteiger partial charge on any atom is -0.487 e. The van der Waals surface area contributed by atoms with Gasteiger partial charge >= 0.3 is 0 Å². The summed E-state index contributed by atoms with van der Waals surface area (Å²) in [6.45, 7) is 7.78. The molecule has 7 heteroatoms. The molecule has 2 fully saturated rings. The first-order chi connectivity index (χ1) is 16.2. The van der Waals surface area contributed by atoms with Crippen molar-refractivity contribution in [3.63, 3.8) is 0 Å². The normalized spacial score (nSPS) is 27.5. The second-order valence-electron chi connectivity index (χ2n) is 10.3. The first kappa shape index (κ1) is 23.3. The van der Waals surface area contributed by atoms with Gasteiger partial charge in [-0.1, -0.05) is 11.6 Å². The number of Topliss-reactive ketones (excluding diaryl/α,β-unsaturated/α-hetero) is 1. The lowest BCUT2D eigenvalue weighted by molar-refractivity contribution is -0.187. The topological polar surface area (TPSA) is 67.9 Å². The Hall–Kier alpha value is -2.41. The third-order valence-electron chi connectivity index (χ3n) is 7.48. The van der Waals surface area contributed by atoms with E-state index < -0.39 is 0 Å². The summed E-state index contributed by atoms with van der Waals surface area (Å²) in [7, 11) is 0. The van der Waals surface area contributed by atoms with Crippen LogP contribution >= 0.6 is 11.6 Å². The number of carbonyl (C=O) groups is 2. The Balaban J connectivity index is 1.23. The molecule has 0 unspecified atom stereocenters. The quantitative estimate of drug-likeness (QED) is 0.612. The summed E-state index contributed by atoms with van der Waals surface area (Å²) in [4.78, 5) is 26.3. The average molecular weight is 483 g/mol. The van der Waals surface area contributed by atoms with Crippen LogP contribution in [0.4, 0.5) is 5.69 Å². The van der Waals surface area contributed by atoms with E-state index in [1.54, 1.807) is 24.3 Å². The number of amides is 1. The number of hydrogen-bond acceptors (Lipinski definition) is 5. The largest absolute Gasteiger partial charge is 0.487 e. The van der Waals surface area contributed by atoms with Crippen molar-refractivity contribution < 1.29 is 19.1 Å². The molecule has 5 rings (SSSR count). The van der Waals surface area contributed by atoms with E-state index in [0.717, 1.165) is 37.2 Å². The number of rotatable bonds is 4. The second-order valence-corrected chi connectivity index (χ2v) is 10.7. The number of nitrogens with one attached hydrogen (secondary N) is 1. The highest BCUT2D eigenvalue weighted by atomic mass is 35.5. The Morgan fingerprint density at radius 2 is 1.94 bits per heavy atom. The van der Waals surface area contributed by atoms with Crippen LogP contribution in [0.25, 0.3) is 0 Å². The lowest BCUT2D eigenvalue weighted by Gasteiger charge is -2.53. The molecule has 0 radical (unpaired) electrons. The first-order valence-electron chi connectivity index (χ1n) is 12.0. The zero-order chi connectivity index (χ0) is 24.0. The van der Waals surface area contributed by atoms with Gasteiger partial charge < -0.3 is 14.8 Å². The minimum atomic E-state index is -0.345. The van der Waals surface area contributed by atoms with Crippen LogP contribution in [0.5, 0.6) is 5.75 Å². The third-order valence-corrected chi connectivity index (χ3v) is 7.71. The standard InChI is InChI=1S/C27H31ClN2O4/c1-16(31)17-4-7-20(8-5-17)29-25(32)15-30-11-10-23-18(14-30)12-22-26(33-23)21-13-19(28)6-9-24(21)34-27(22,2)3/h4-9,13,18,22-23,26H,10-12,14-15H2,1-3H3,(H,29,32)/t18-,22+,23+,26-/m1/s1. The van der Waals surface area contributed by atoms with Crippen LogP contribution in [0.2, 0.25) is 5.02 Å². The Labute approximate surface area is 205 Å². The van der Waals surface area contributed by atoms with Gasteiger partial charge in [0.2, 0.25) is 5.91 Å². The molecule has 2 aromatic carbocycles. The molecule has 3 aliphatic heterocycles. The highest BCUT2D eigenvalue weighted by Crippen LogP contribution is 2.53. The molecule has 6 nitrogen and oxygen atoms in total. The van der Waals surface area contributed by atoms with Crippen molar-refractivity contribution in [3.8, 4) is 5.75 Å². The number of ketones is 1. The fourth-order valence-corrected chi connectivity index (χ4v) is 5.87. The van der Waals surface area contributed by atoms with E-state index >= 15 is 0 Å². The van der Waals surface area contributed by atoms with Gasteiger partial charge in [0.05, 0.1) is 18.8 Å². The lowest BCUT2D eigenvalue weighted by atomic mass is 9.70. The van der Waals surface area contributed by atoms with Crippen molar-refractivity contribution in [1.29, 1.82) is 0 Å². The van der Waals surface area contributed by atoms with Crippen LogP contribution < -0.4 is 10.1 Å². The molecule has 1 N–H and O–H groups in total. The maximum Gasteiger partial charge on any atom is 0.238 e. The Morgan fingerprint density at radius 1 is 1.18 bits per heavy atom. The monoisotopic (exact) mass is 482 g/mol. The van der Waals surface area contributed by atoms with Gasteiger partial charge in [-0.2, -0.15) is 0 Å². The molecule has 0 aliphatic carbocycles. The maximum absolute atomic E-state index is 12.7. The molecule has 1 amide bonds. The number of likely N-dealkylation sites (tertiary alicyclic amines) is 1. The van der Waals surface area contributed by atoms with Crippen LogP contribution in [0.3, 0.4) is 0 Å². The minimum absolute atomic E-state index is 0.0100. The Morgan fingerprint density at radius 3 is 2.68 bits per heavy atom. The predicted octanol–water partition coefficient (Wildman–Crippen LogP) is 5.12. The Bertz CT molecular complexity index is 1100. The van der Waals surface area contributed by atoms with Gasteiger partial charge in [0.25, 0.3) is 0 Å². The first-order valence-corrected chi connectivity index (χ1v) is 12.3. The number of ether oxygens (including phenoxy) is 2. The molecular formula is C27H31ClN2O4. The zero-order valence-corrected chi connectivity index (χ0v) is 20.6. The predicted molar refractivity (Wildman–Crippen MR) is 132 cm³/mol. The lowest BCUT2D eigenvalue weighted by Crippen LogP contribution is -2.55. The van der Waals surface area contributed by atoms with Crippen LogP contribution in [-0.2, 0) is 9.53 Å². The molecule has 180 valence electrons. The van der Waals surface area contributed by atoms with Crippen LogP contribution in [0.15, 0.2) is 42.5 Å². The number of piperidine rings is 1. The highest BCUT2D eigenvalue weighted by Gasteiger charge is 2.51. The summed E-state index contributed by atoms with van der Waals surface area (Å²) >= 11 is 6.29. The van der Waals surface area contributed by atoms with Gasteiger partial charge in [0, 0.05) is 40.8 Å². The van der Waals surface area contributed by atoms with Crippen molar-refractivity contribution in [2.24, 2.45) is 11.8 Å². The zero-order valence-electron chi connectivity index (χ0n) is 19.8. The van der Waals surface area contributed by atoms with E-state index in [0.29, 0.717) is 28.7 Å². The Kier molecular flexibility index (Phi) is 6.17. The second kappa shape index (κ2) is 8.99. The van der Waals surface area contributed by atoms with E-state index in [9.17, 15) is 9.59 Å².